The van der Waals surface area contributed by atoms with Gasteiger partial charge in [-0.2, -0.15) is 0 Å². The van der Waals surface area contributed by atoms with Crippen molar-refractivity contribution in [1.82, 2.24) is 9.97 Å². The van der Waals surface area contributed by atoms with E-state index in [2.05, 4.69) is 21.4 Å². The summed E-state index contributed by atoms with van der Waals surface area (Å²) in [5.41, 5.74) is 1.07. The van der Waals surface area contributed by atoms with E-state index in [-0.39, 0.29) is 0 Å². The summed E-state index contributed by atoms with van der Waals surface area (Å²) in [5.74, 6) is 0.956. The van der Waals surface area contributed by atoms with Crippen LogP contribution in [0.5, 0.6) is 0 Å². The maximum Gasteiger partial charge on any atom is 0.151 e. The highest BCUT2D eigenvalue weighted by Crippen LogP contribution is 2.13. The third kappa shape index (κ3) is 0.614. The number of aromatic nitrogens is 2. The summed E-state index contributed by atoms with van der Waals surface area (Å²) < 4.78 is 0. The van der Waals surface area contributed by atoms with Crippen molar-refractivity contribution in [3.63, 3.8) is 0 Å². The molecule has 1 aromatic heterocycles. The monoisotopic (exact) mass is 121 g/mol. The SMILES string of the molecule is C1=Cc2[nH]cnc2NC1. The van der Waals surface area contributed by atoms with E-state index in [9.17, 15) is 0 Å². The van der Waals surface area contributed by atoms with Gasteiger partial charge >= 0.3 is 0 Å². The first-order chi connectivity index (χ1) is 4.47. The first kappa shape index (κ1) is 4.61. The minimum Gasteiger partial charge on any atom is -0.365 e. The molecule has 0 bridgehead atoms. The number of H-pyrrole nitrogens is 1. The topological polar surface area (TPSA) is 40.7 Å². The molecule has 0 fully saturated rings. The fourth-order valence-corrected chi connectivity index (χ4v) is 0.905. The van der Waals surface area contributed by atoms with Crippen LogP contribution in [-0.2, 0) is 0 Å². The molecule has 0 saturated carbocycles. The van der Waals surface area contributed by atoms with Crippen LogP contribution in [0.15, 0.2) is 12.4 Å². The lowest BCUT2D eigenvalue weighted by atomic mass is 10.3. The van der Waals surface area contributed by atoms with E-state index in [0.717, 1.165) is 18.1 Å². The third-order valence-electron chi connectivity index (χ3n) is 1.34. The van der Waals surface area contributed by atoms with Crippen LogP contribution < -0.4 is 5.32 Å². The number of nitrogens with zero attached hydrogens (tertiary/aromatic N) is 1. The fourth-order valence-electron chi connectivity index (χ4n) is 0.905. The maximum absolute atomic E-state index is 4.04. The highest BCUT2D eigenvalue weighted by Gasteiger charge is 2.02. The molecule has 2 heterocycles. The van der Waals surface area contributed by atoms with Gasteiger partial charge in [0, 0.05) is 6.54 Å². The molecule has 0 amide bonds. The normalized spacial score (nSPS) is 14.7. The number of fused-ring (bicyclic) bond motifs is 1. The Kier molecular flexibility index (Phi) is 0.828. The minimum atomic E-state index is 0.887. The van der Waals surface area contributed by atoms with Gasteiger partial charge in [0.1, 0.15) is 0 Å². The summed E-state index contributed by atoms with van der Waals surface area (Å²) in [6, 6.07) is 0. The molecule has 0 atom stereocenters. The molecule has 2 rings (SSSR count). The van der Waals surface area contributed by atoms with Crippen molar-refractivity contribution in [3.05, 3.63) is 18.1 Å². The van der Waals surface area contributed by atoms with Gasteiger partial charge in [0.15, 0.2) is 5.82 Å². The molecular formula is C6H7N3. The van der Waals surface area contributed by atoms with Crippen LogP contribution in [0.3, 0.4) is 0 Å². The van der Waals surface area contributed by atoms with Gasteiger partial charge in [-0.05, 0) is 6.08 Å². The Bertz CT molecular complexity index is 236. The van der Waals surface area contributed by atoms with E-state index in [1.807, 2.05) is 6.08 Å². The van der Waals surface area contributed by atoms with Crippen molar-refractivity contribution in [3.8, 4) is 0 Å². The Hall–Kier alpha value is -1.25. The van der Waals surface area contributed by atoms with Crippen LogP contribution in [0.25, 0.3) is 6.08 Å². The fraction of sp³-hybridized carbons (Fsp3) is 0.167. The van der Waals surface area contributed by atoms with Gasteiger partial charge in [-0.3, -0.25) is 0 Å². The summed E-state index contributed by atoms with van der Waals surface area (Å²) in [7, 11) is 0. The van der Waals surface area contributed by atoms with E-state index in [4.69, 9.17) is 0 Å². The van der Waals surface area contributed by atoms with Gasteiger partial charge in [-0.1, -0.05) is 6.08 Å². The number of anilines is 1. The zero-order valence-corrected chi connectivity index (χ0v) is 4.89. The Labute approximate surface area is 52.8 Å². The van der Waals surface area contributed by atoms with E-state index < -0.39 is 0 Å². The van der Waals surface area contributed by atoms with Crippen LogP contribution in [0, 0.1) is 0 Å². The van der Waals surface area contributed by atoms with Crippen LogP contribution >= 0.6 is 0 Å². The Morgan fingerprint density at radius 2 is 2.56 bits per heavy atom. The van der Waals surface area contributed by atoms with Gasteiger partial charge in [-0.15, -0.1) is 0 Å². The lowest BCUT2D eigenvalue weighted by Crippen LogP contribution is -2.03. The first-order valence-corrected chi connectivity index (χ1v) is 2.90. The summed E-state index contributed by atoms with van der Waals surface area (Å²) in [6.45, 7) is 0.887. The highest BCUT2D eigenvalue weighted by molar-refractivity contribution is 5.62. The third-order valence-corrected chi connectivity index (χ3v) is 1.34. The average molecular weight is 121 g/mol. The lowest BCUT2D eigenvalue weighted by molar-refractivity contribution is 1.25. The molecule has 0 radical (unpaired) electrons. The van der Waals surface area contributed by atoms with Crippen molar-refractivity contribution >= 4 is 11.9 Å². The standard InChI is InChI=1S/C6H7N3/c1-2-5-6(7-3-1)9-4-8-5/h1-2,4,7H,3H2,(H,8,9). The predicted octanol–water partition coefficient (Wildman–Crippen LogP) is 0.848. The molecule has 1 aromatic rings. The van der Waals surface area contributed by atoms with Crippen molar-refractivity contribution < 1.29 is 0 Å². The number of rotatable bonds is 0. The van der Waals surface area contributed by atoms with Crippen LogP contribution in [0.4, 0.5) is 5.82 Å². The molecule has 0 saturated heterocycles. The van der Waals surface area contributed by atoms with Gasteiger partial charge in [0.25, 0.3) is 0 Å². The van der Waals surface area contributed by atoms with Crippen LogP contribution in [0.2, 0.25) is 0 Å². The van der Waals surface area contributed by atoms with Crippen molar-refractivity contribution in [2.75, 3.05) is 11.9 Å². The lowest BCUT2D eigenvalue weighted by Gasteiger charge is -2.04. The van der Waals surface area contributed by atoms with Crippen LogP contribution in [-0.4, -0.2) is 16.5 Å². The highest BCUT2D eigenvalue weighted by atomic mass is 15.1. The minimum absolute atomic E-state index is 0.887. The molecule has 0 unspecified atom stereocenters. The molecule has 3 nitrogen and oxygen atoms in total. The molecule has 0 aromatic carbocycles. The van der Waals surface area contributed by atoms with Gasteiger partial charge in [-0.25, -0.2) is 4.98 Å². The number of nitrogens with one attached hydrogen (secondary N) is 2. The number of imidazole rings is 1. The van der Waals surface area contributed by atoms with E-state index in [0.29, 0.717) is 0 Å². The summed E-state index contributed by atoms with van der Waals surface area (Å²) >= 11 is 0. The molecule has 0 spiro atoms. The Morgan fingerprint density at radius 1 is 1.56 bits per heavy atom. The van der Waals surface area contributed by atoms with Crippen molar-refractivity contribution in [2.24, 2.45) is 0 Å². The zero-order valence-electron chi connectivity index (χ0n) is 4.89. The van der Waals surface area contributed by atoms with Gasteiger partial charge in [0.2, 0.25) is 0 Å². The molecular weight excluding hydrogens is 114 g/mol. The zero-order chi connectivity index (χ0) is 6.10. The summed E-state index contributed by atoms with van der Waals surface area (Å²) in [6.07, 6.45) is 5.77. The largest absolute Gasteiger partial charge is 0.365 e. The smallest absolute Gasteiger partial charge is 0.151 e. The van der Waals surface area contributed by atoms with E-state index >= 15 is 0 Å². The predicted molar refractivity (Wildman–Crippen MR) is 36.1 cm³/mol. The van der Waals surface area contributed by atoms with Gasteiger partial charge in [0.05, 0.1) is 12.0 Å². The molecule has 2 N–H and O–H groups in total. The first-order valence-electron chi connectivity index (χ1n) is 2.90. The number of hydrogen-bond acceptors (Lipinski definition) is 2. The maximum atomic E-state index is 4.04. The summed E-state index contributed by atoms with van der Waals surface area (Å²) in [5, 5.41) is 3.11. The molecule has 1 aliphatic rings. The molecule has 9 heavy (non-hydrogen) atoms. The quantitative estimate of drug-likeness (QED) is 0.534. The Morgan fingerprint density at radius 3 is 3.44 bits per heavy atom. The number of aromatic amines is 1. The number of hydrogen-bond donors (Lipinski definition) is 2. The summed E-state index contributed by atoms with van der Waals surface area (Å²) in [4.78, 5) is 7.04. The molecule has 3 heteroatoms. The van der Waals surface area contributed by atoms with Crippen molar-refractivity contribution in [1.29, 1.82) is 0 Å². The van der Waals surface area contributed by atoms with E-state index in [1.165, 1.54) is 0 Å². The molecule has 0 aliphatic carbocycles. The molecule has 46 valence electrons. The second-order valence-electron chi connectivity index (χ2n) is 1.95. The van der Waals surface area contributed by atoms with Crippen LogP contribution in [0.1, 0.15) is 5.69 Å². The second-order valence-corrected chi connectivity index (χ2v) is 1.95. The Balaban J connectivity index is 2.53. The second kappa shape index (κ2) is 1.62. The van der Waals surface area contributed by atoms with Crippen molar-refractivity contribution in [2.45, 2.75) is 0 Å². The van der Waals surface area contributed by atoms with E-state index in [1.54, 1.807) is 6.33 Å². The molecule has 1 aliphatic heterocycles. The average Bonchev–Trinajstić information content (AvgIpc) is 2.33. The van der Waals surface area contributed by atoms with Gasteiger partial charge < -0.3 is 10.3 Å².